The Morgan fingerprint density at radius 1 is 0.854 bits per heavy atom. The zero-order valence-corrected chi connectivity index (χ0v) is 29.9. The molecule has 2 amide bonds. The van der Waals surface area contributed by atoms with E-state index in [2.05, 4.69) is 5.32 Å². The van der Waals surface area contributed by atoms with Crippen LogP contribution in [0.4, 0.5) is 5.69 Å². The van der Waals surface area contributed by atoms with E-state index >= 15 is 0 Å². The van der Waals surface area contributed by atoms with Crippen molar-refractivity contribution < 1.29 is 22.7 Å². The second-order valence-corrected chi connectivity index (χ2v) is 14.5. The van der Waals surface area contributed by atoms with Gasteiger partial charge in [-0.2, -0.15) is 0 Å². The number of nitrogens with one attached hydrogen (secondary N) is 1. The summed E-state index contributed by atoms with van der Waals surface area (Å²) in [6, 6.07) is 26.3. The van der Waals surface area contributed by atoms with Gasteiger partial charge in [-0.3, -0.25) is 13.9 Å². The lowest BCUT2D eigenvalue weighted by atomic mass is 10.0. The highest BCUT2D eigenvalue weighted by Gasteiger charge is 2.35. The molecule has 0 spiro atoms. The van der Waals surface area contributed by atoms with E-state index in [-0.39, 0.29) is 29.7 Å². The van der Waals surface area contributed by atoms with Gasteiger partial charge in [0, 0.05) is 35.1 Å². The van der Waals surface area contributed by atoms with Gasteiger partial charge in [0.25, 0.3) is 10.0 Å². The largest absolute Gasteiger partial charge is 0.494 e. The molecule has 4 aromatic rings. The minimum Gasteiger partial charge on any atom is -0.494 e. The van der Waals surface area contributed by atoms with Crippen LogP contribution >= 0.6 is 23.2 Å². The van der Waals surface area contributed by atoms with Gasteiger partial charge < -0.3 is 15.0 Å². The van der Waals surface area contributed by atoms with Crippen LogP contribution in [0.3, 0.4) is 0 Å². The molecular formula is C37H41Cl2N3O5S. The van der Waals surface area contributed by atoms with Crippen LogP contribution in [0, 0.1) is 12.8 Å². The van der Waals surface area contributed by atoms with Gasteiger partial charge in [0.2, 0.25) is 11.8 Å². The van der Waals surface area contributed by atoms with Crippen molar-refractivity contribution in [3.05, 3.63) is 124 Å². The summed E-state index contributed by atoms with van der Waals surface area (Å²) in [5.74, 6) is -0.305. The number of hydrogen-bond donors (Lipinski definition) is 1. The third-order valence-corrected chi connectivity index (χ3v) is 10.2. The molecule has 1 atom stereocenters. The van der Waals surface area contributed by atoms with Gasteiger partial charge in [-0.1, -0.05) is 91.1 Å². The maximum Gasteiger partial charge on any atom is 0.264 e. The van der Waals surface area contributed by atoms with E-state index < -0.39 is 28.5 Å². The Balaban J connectivity index is 1.82. The Morgan fingerprint density at radius 2 is 1.48 bits per heavy atom. The molecular weight excluding hydrogens is 669 g/mol. The normalized spacial score (nSPS) is 12.0. The molecule has 0 aliphatic carbocycles. The average molecular weight is 711 g/mol. The van der Waals surface area contributed by atoms with Crippen LogP contribution in [0.15, 0.2) is 102 Å². The zero-order valence-electron chi connectivity index (χ0n) is 27.5. The fourth-order valence-electron chi connectivity index (χ4n) is 5.07. The van der Waals surface area contributed by atoms with E-state index in [4.69, 9.17) is 27.9 Å². The van der Waals surface area contributed by atoms with Gasteiger partial charge in [0.1, 0.15) is 18.3 Å². The van der Waals surface area contributed by atoms with Gasteiger partial charge >= 0.3 is 0 Å². The van der Waals surface area contributed by atoms with Gasteiger partial charge in [-0.05, 0) is 73.9 Å². The number of rotatable bonds is 15. The Bertz CT molecular complexity index is 1760. The molecule has 1 N–H and O–H groups in total. The summed E-state index contributed by atoms with van der Waals surface area (Å²) >= 11 is 13.2. The van der Waals surface area contributed by atoms with Crippen LogP contribution in [0.5, 0.6) is 5.75 Å². The summed E-state index contributed by atoms with van der Waals surface area (Å²) in [5, 5.41) is 3.61. The lowest BCUT2D eigenvalue weighted by Crippen LogP contribution is -2.53. The molecule has 48 heavy (non-hydrogen) atoms. The smallest absolute Gasteiger partial charge is 0.264 e. The molecule has 0 bridgehead atoms. The van der Waals surface area contributed by atoms with Crippen molar-refractivity contribution in [2.24, 2.45) is 5.92 Å². The molecule has 0 fully saturated rings. The second-order valence-electron chi connectivity index (χ2n) is 11.8. The molecule has 11 heteroatoms. The molecule has 254 valence electrons. The Kier molecular flexibility index (Phi) is 12.9. The van der Waals surface area contributed by atoms with Crippen molar-refractivity contribution in [3.63, 3.8) is 0 Å². The van der Waals surface area contributed by atoms with Crippen molar-refractivity contribution in [2.45, 2.75) is 51.6 Å². The van der Waals surface area contributed by atoms with Gasteiger partial charge in [-0.25, -0.2) is 8.42 Å². The minimum atomic E-state index is -4.27. The number of aryl methyl sites for hydroxylation is 1. The quantitative estimate of drug-likeness (QED) is 0.140. The Morgan fingerprint density at radius 3 is 2.06 bits per heavy atom. The number of hydrogen-bond acceptors (Lipinski definition) is 5. The number of sulfonamides is 1. The predicted molar refractivity (Wildman–Crippen MR) is 192 cm³/mol. The van der Waals surface area contributed by atoms with Crippen LogP contribution in [0.2, 0.25) is 10.0 Å². The van der Waals surface area contributed by atoms with Crippen molar-refractivity contribution in [3.8, 4) is 5.75 Å². The number of ether oxygens (including phenoxy) is 1. The second kappa shape index (κ2) is 16.9. The lowest BCUT2D eigenvalue weighted by molar-refractivity contribution is -0.140. The van der Waals surface area contributed by atoms with Gasteiger partial charge in [-0.15, -0.1) is 0 Å². The SMILES string of the molecule is CCOc1ccc(S(=O)(=O)N(CC(=O)N(Cc2c(Cl)cccc2Cl)C(Cc2ccccc2)C(=O)NCC(C)C)c2ccc(C)cc2)cc1. The predicted octanol–water partition coefficient (Wildman–Crippen LogP) is 7.31. The highest BCUT2D eigenvalue weighted by Crippen LogP contribution is 2.29. The summed E-state index contributed by atoms with van der Waals surface area (Å²) in [7, 11) is -4.27. The fourth-order valence-corrected chi connectivity index (χ4v) is 7.00. The molecule has 8 nitrogen and oxygen atoms in total. The first-order valence-corrected chi connectivity index (χ1v) is 18.0. The minimum absolute atomic E-state index is 0.0180. The summed E-state index contributed by atoms with van der Waals surface area (Å²) < 4.78 is 35.1. The third-order valence-electron chi connectivity index (χ3n) is 7.67. The molecule has 1 unspecified atom stereocenters. The molecule has 0 aliphatic heterocycles. The van der Waals surface area contributed by atoms with E-state index in [1.165, 1.54) is 17.0 Å². The first-order chi connectivity index (χ1) is 22.9. The maximum atomic E-state index is 14.6. The van der Waals surface area contributed by atoms with Crippen LogP contribution in [0.1, 0.15) is 37.5 Å². The highest BCUT2D eigenvalue weighted by atomic mass is 35.5. The average Bonchev–Trinajstić information content (AvgIpc) is 3.06. The first-order valence-electron chi connectivity index (χ1n) is 15.8. The molecule has 0 saturated carbocycles. The molecule has 4 aromatic carbocycles. The summed E-state index contributed by atoms with van der Waals surface area (Å²) in [6.07, 6.45) is 0.175. The van der Waals surface area contributed by atoms with Crippen molar-refractivity contribution in [2.75, 3.05) is 24.0 Å². The highest BCUT2D eigenvalue weighted by molar-refractivity contribution is 7.92. The van der Waals surface area contributed by atoms with E-state index in [0.29, 0.717) is 40.2 Å². The van der Waals surface area contributed by atoms with Crippen LogP contribution in [0.25, 0.3) is 0 Å². The van der Waals surface area contributed by atoms with E-state index in [9.17, 15) is 18.0 Å². The van der Waals surface area contributed by atoms with Crippen LogP contribution < -0.4 is 14.4 Å². The van der Waals surface area contributed by atoms with E-state index in [1.807, 2.05) is 58.0 Å². The summed E-state index contributed by atoms with van der Waals surface area (Å²) in [5.41, 5.74) is 2.48. The molecule has 0 aromatic heterocycles. The number of amides is 2. The number of carbonyl (C=O) groups is 2. The molecule has 0 radical (unpaired) electrons. The monoisotopic (exact) mass is 709 g/mol. The molecule has 0 heterocycles. The van der Waals surface area contributed by atoms with Crippen LogP contribution in [-0.2, 0) is 32.6 Å². The van der Waals surface area contributed by atoms with Crippen LogP contribution in [-0.4, -0.2) is 50.9 Å². The number of nitrogens with zero attached hydrogens (tertiary/aromatic N) is 2. The van der Waals surface area contributed by atoms with Crippen molar-refractivity contribution in [1.29, 1.82) is 0 Å². The molecule has 0 saturated heterocycles. The molecule has 4 rings (SSSR count). The van der Waals surface area contributed by atoms with E-state index in [0.717, 1.165) is 15.4 Å². The standard InChI is InChI=1S/C37H41Cl2N3O5S/c1-5-47-30-18-20-31(21-19-30)48(45,46)42(29-16-14-27(4)15-17-29)25-36(43)41(24-32-33(38)12-9-13-34(32)39)35(37(44)40-23-26(2)3)22-28-10-7-6-8-11-28/h6-21,26,35H,5,22-25H2,1-4H3,(H,40,44). The third kappa shape index (κ3) is 9.52. The molecule has 0 aliphatic rings. The van der Waals surface area contributed by atoms with Gasteiger partial charge in [0.05, 0.1) is 17.2 Å². The number of anilines is 1. The summed E-state index contributed by atoms with van der Waals surface area (Å²) in [6.45, 7) is 7.77. The number of benzene rings is 4. The Hall–Kier alpha value is -4.05. The van der Waals surface area contributed by atoms with E-state index in [1.54, 1.807) is 54.6 Å². The summed E-state index contributed by atoms with van der Waals surface area (Å²) in [4.78, 5) is 29.9. The first kappa shape index (κ1) is 36.8. The number of carbonyl (C=O) groups excluding carboxylic acids is 2. The van der Waals surface area contributed by atoms with Crippen molar-refractivity contribution in [1.82, 2.24) is 10.2 Å². The lowest BCUT2D eigenvalue weighted by Gasteiger charge is -2.34. The Labute approximate surface area is 293 Å². The fraction of sp³-hybridized carbons (Fsp3) is 0.297. The maximum absolute atomic E-state index is 14.6. The topological polar surface area (TPSA) is 96.0 Å². The van der Waals surface area contributed by atoms with Gasteiger partial charge in [0.15, 0.2) is 0 Å². The number of halogens is 2. The zero-order chi connectivity index (χ0) is 34.8. The van der Waals surface area contributed by atoms with Crippen molar-refractivity contribution >= 4 is 50.7 Å².